The minimum atomic E-state index is -0.0355. The van der Waals surface area contributed by atoms with Crippen LogP contribution in [0.2, 0.25) is 0 Å². The molecule has 0 unspecified atom stereocenters. The molecule has 0 aliphatic carbocycles. The maximum absolute atomic E-state index is 12.4. The van der Waals surface area contributed by atoms with E-state index in [9.17, 15) is 9.59 Å². The van der Waals surface area contributed by atoms with Crippen molar-refractivity contribution in [3.05, 3.63) is 64.1 Å². The van der Waals surface area contributed by atoms with Crippen molar-refractivity contribution in [2.24, 2.45) is 14.1 Å². The smallest absolute Gasteiger partial charge is 0.328 e. The molecule has 0 radical (unpaired) electrons. The van der Waals surface area contributed by atoms with Crippen LogP contribution in [0.4, 0.5) is 5.69 Å². The van der Waals surface area contributed by atoms with Gasteiger partial charge in [0.05, 0.1) is 11.0 Å². The van der Waals surface area contributed by atoms with Crippen LogP contribution in [0.25, 0.3) is 11.0 Å². The van der Waals surface area contributed by atoms with Gasteiger partial charge in [0, 0.05) is 45.8 Å². The van der Waals surface area contributed by atoms with Crippen LogP contribution in [0.3, 0.4) is 0 Å². The Morgan fingerprint density at radius 2 is 1.70 bits per heavy atom. The number of piperidine rings is 1. The molecule has 1 saturated heterocycles. The molecule has 1 fully saturated rings. The lowest BCUT2D eigenvalue weighted by atomic mass is 10.1. The maximum Gasteiger partial charge on any atom is 0.328 e. The van der Waals surface area contributed by atoms with Crippen molar-refractivity contribution >= 4 is 22.6 Å². The van der Waals surface area contributed by atoms with Gasteiger partial charge in [-0.05, 0) is 61.1 Å². The van der Waals surface area contributed by atoms with E-state index in [0.29, 0.717) is 19.4 Å². The lowest BCUT2D eigenvalue weighted by Gasteiger charge is -2.29. The van der Waals surface area contributed by atoms with Crippen molar-refractivity contribution in [2.75, 3.05) is 18.0 Å². The minimum absolute atomic E-state index is 0.0355. The van der Waals surface area contributed by atoms with Crippen LogP contribution in [0.5, 0.6) is 0 Å². The van der Waals surface area contributed by atoms with Crippen molar-refractivity contribution in [3.63, 3.8) is 0 Å². The summed E-state index contributed by atoms with van der Waals surface area (Å²) in [4.78, 5) is 26.9. The molecule has 2 heterocycles. The highest BCUT2D eigenvalue weighted by atomic mass is 16.2. The largest absolute Gasteiger partial charge is 0.372 e. The molecule has 158 valence electrons. The Balaban J connectivity index is 1.33. The number of hydrogen-bond acceptors (Lipinski definition) is 3. The summed E-state index contributed by atoms with van der Waals surface area (Å²) in [6.45, 7) is 2.78. The fraction of sp³-hybridized carbons (Fsp3) is 0.417. The van der Waals surface area contributed by atoms with Gasteiger partial charge in [0.2, 0.25) is 5.91 Å². The van der Waals surface area contributed by atoms with E-state index in [4.69, 9.17) is 0 Å². The Morgan fingerprint density at radius 1 is 0.933 bits per heavy atom. The summed E-state index contributed by atoms with van der Waals surface area (Å²) in [5.74, 6) is 0.0421. The number of anilines is 1. The number of carbonyl (C=O) groups is 1. The third-order valence-corrected chi connectivity index (χ3v) is 6.10. The number of hydrogen-bond donors (Lipinski definition) is 1. The second-order valence-electron chi connectivity index (χ2n) is 8.22. The van der Waals surface area contributed by atoms with Crippen molar-refractivity contribution in [2.45, 2.75) is 38.6 Å². The second kappa shape index (κ2) is 8.78. The monoisotopic (exact) mass is 406 g/mol. The number of nitrogens with one attached hydrogen (secondary N) is 1. The lowest BCUT2D eigenvalue weighted by Crippen LogP contribution is -2.29. The zero-order valence-electron chi connectivity index (χ0n) is 17.9. The number of amides is 1. The van der Waals surface area contributed by atoms with Gasteiger partial charge in [-0.15, -0.1) is 0 Å². The van der Waals surface area contributed by atoms with Gasteiger partial charge in [-0.2, -0.15) is 0 Å². The van der Waals surface area contributed by atoms with Crippen molar-refractivity contribution in [3.8, 4) is 0 Å². The van der Waals surface area contributed by atoms with E-state index in [1.165, 1.54) is 24.9 Å². The van der Waals surface area contributed by atoms with Crippen LogP contribution in [-0.4, -0.2) is 28.1 Å². The Kier molecular flexibility index (Phi) is 5.93. The molecule has 1 aromatic heterocycles. The molecular weight excluding hydrogens is 376 g/mol. The molecule has 4 rings (SSSR count). The first-order chi connectivity index (χ1) is 14.5. The van der Waals surface area contributed by atoms with Crippen LogP contribution in [0, 0.1) is 0 Å². The number of aryl methyl sites for hydroxylation is 3. The van der Waals surface area contributed by atoms with Crippen molar-refractivity contribution in [1.29, 1.82) is 0 Å². The average molecular weight is 407 g/mol. The zero-order valence-corrected chi connectivity index (χ0v) is 17.9. The molecule has 0 spiro atoms. The van der Waals surface area contributed by atoms with E-state index in [-0.39, 0.29) is 11.6 Å². The minimum Gasteiger partial charge on any atom is -0.372 e. The summed E-state index contributed by atoms with van der Waals surface area (Å²) in [5.41, 5.74) is 5.22. The van der Waals surface area contributed by atoms with E-state index in [2.05, 4.69) is 34.5 Å². The Bertz CT molecular complexity index is 1110. The molecule has 0 atom stereocenters. The number of carbonyl (C=O) groups excluding carboxylic acids is 1. The summed E-state index contributed by atoms with van der Waals surface area (Å²) < 4.78 is 3.29. The molecule has 1 aliphatic rings. The second-order valence-corrected chi connectivity index (χ2v) is 8.22. The highest BCUT2D eigenvalue weighted by molar-refractivity contribution is 5.78. The van der Waals surface area contributed by atoms with Gasteiger partial charge in [-0.3, -0.25) is 13.9 Å². The van der Waals surface area contributed by atoms with Gasteiger partial charge in [0.25, 0.3) is 0 Å². The highest BCUT2D eigenvalue weighted by Crippen LogP contribution is 2.21. The van der Waals surface area contributed by atoms with E-state index in [1.54, 1.807) is 23.2 Å². The predicted octanol–water partition coefficient (Wildman–Crippen LogP) is 3.12. The molecule has 0 saturated carbocycles. The van der Waals surface area contributed by atoms with Gasteiger partial charge in [-0.1, -0.05) is 18.2 Å². The van der Waals surface area contributed by atoms with Crippen molar-refractivity contribution in [1.82, 2.24) is 14.5 Å². The van der Waals surface area contributed by atoms with Gasteiger partial charge >= 0.3 is 5.69 Å². The van der Waals surface area contributed by atoms with E-state index in [1.807, 2.05) is 18.2 Å². The first-order valence-electron chi connectivity index (χ1n) is 10.8. The summed E-state index contributed by atoms with van der Waals surface area (Å²) in [5, 5.41) is 3.04. The van der Waals surface area contributed by atoms with Crippen LogP contribution >= 0.6 is 0 Å². The Morgan fingerprint density at radius 3 is 2.50 bits per heavy atom. The quantitative estimate of drug-likeness (QED) is 0.684. The van der Waals surface area contributed by atoms with Crippen LogP contribution in [0.1, 0.15) is 36.8 Å². The first-order valence-corrected chi connectivity index (χ1v) is 10.8. The molecule has 1 aliphatic heterocycles. The lowest BCUT2D eigenvalue weighted by molar-refractivity contribution is -0.121. The Labute approximate surface area is 177 Å². The van der Waals surface area contributed by atoms with Gasteiger partial charge in [0.1, 0.15) is 0 Å². The molecular formula is C24H30N4O2. The molecule has 0 bridgehead atoms. The fourth-order valence-electron chi connectivity index (χ4n) is 4.27. The predicted molar refractivity (Wildman–Crippen MR) is 121 cm³/mol. The number of nitrogens with zero attached hydrogens (tertiary/aromatic N) is 3. The Hall–Kier alpha value is -3.02. The number of imidazole rings is 1. The summed E-state index contributed by atoms with van der Waals surface area (Å²) in [6.07, 6.45) is 4.91. The van der Waals surface area contributed by atoms with E-state index in [0.717, 1.165) is 35.2 Å². The number of benzene rings is 2. The first kappa shape index (κ1) is 20.3. The molecule has 30 heavy (non-hydrogen) atoms. The van der Waals surface area contributed by atoms with Gasteiger partial charge < -0.3 is 10.2 Å². The maximum atomic E-state index is 12.4. The van der Waals surface area contributed by atoms with E-state index >= 15 is 0 Å². The van der Waals surface area contributed by atoms with Crippen LogP contribution < -0.4 is 15.9 Å². The van der Waals surface area contributed by atoms with Crippen molar-refractivity contribution < 1.29 is 4.79 Å². The number of aromatic nitrogens is 2. The van der Waals surface area contributed by atoms with Gasteiger partial charge in [-0.25, -0.2) is 4.79 Å². The fourth-order valence-corrected chi connectivity index (χ4v) is 4.27. The third-order valence-electron chi connectivity index (χ3n) is 6.10. The highest BCUT2D eigenvalue weighted by Gasteiger charge is 2.12. The molecule has 1 N–H and O–H groups in total. The normalized spacial score (nSPS) is 14.3. The molecule has 6 heteroatoms. The molecule has 1 amide bonds. The molecule has 2 aromatic carbocycles. The number of rotatable bonds is 6. The average Bonchev–Trinajstić information content (AvgIpc) is 3.00. The van der Waals surface area contributed by atoms with Gasteiger partial charge in [0.15, 0.2) is 0 Å². The topological polar surface area (TPSA) is 59.3 Å². The summed E-state index contributed by atoms with van der Waals surface area (Å²) in [7, 11) is 3.55. The molecule has 3 aromatic rings. The number of fused-ring (bicyclic) bond motifs is 1. The zero-order chi connectivity index (χ0) is 21.1. The standard InChI is InChI=1S/C24H30N4O2/c1-26-21-11-9-18(16-22(21)27(2)24(26)30)10-12-23(29)25-17-19-7-6-8-20(15-19)28-13-4-3-5-14-28/h6-9,11,15-16H,3-5,10,12-14,17H2,1-2H3,(H,25,29). The molecule has 6 nitrogen and oxygen atoms in total. The summed E-state index contributed by atoms with van der Waals surface area (Å²) in [6, 6.07) is 14.4. The summed E-state index contributed by atoms with van der Waals surface area (Å²) >= 11 is 0. The van der Waals surface area contributed by atoms with Crippen LogP contribution in [0.15, 0.2) is 47.3 Å². The van der Waals surface area contributed by atoms with Crippen LogP contribution in [-0.2, 0) is 31.9 Å². The van der Waals surface area contributed by atoms with E-state index < -0.39 is 0 Å². The SMILES string of the molecule is Cn1c(=O)n(C)c2cc(CCC(=O)NCc3cccc(N4CCCCC4)c3)ccc21. The third kappa shape index (κ3) is 4.27.